The first-order valence-corrected chi connectivity index (χ1v) is 9.61. The summed E-state index contributed by atoms with van der Waals surface area (Å²) in [4.78, 5) is 7.34. The van der Waals surface area contributed by atoms with Crippen molar-refractivity contribution in [3.8, 4) is 22.8 Å². The van der Waals surface area contributed by atoms with Gasteiger partial charge in [0, 0.05) is 30.6 Å². The monoisotopic (exact) mass is 378 g/mol. The molecule has 1 aliphatic rings. The number of para-hydroxylation sites is 1. The Morgan fingerprint density at radius 3 is 2.64 bits per heavy atom. The zero-order chi connectivity index (χ0) is 19.7. The average Bonchev–Trinajstić information content (AvgIpc) is 3.12. The number of likely N-dealkylation sites (tertiary alicyclic amines) is 1. The van der Waals surface area contributed by atoms with E-state index in [2.05, 4.69) is 36.1 Å². The first-order valence-electron chi connectivity index (χ1n) is 9.61. The molecule has 1 fully saturated rings. The van der Waals surface area contributed by atoms with Crippen molar-refractivity contribution in [1.29, 1.82) is 0 Å². The molecule has 1 aromatic heterocycles. The van der Waals surface area contributed by atoms with Crippen LogP contribution in [0.1, 0.15) is 17.5 Å². The summed E-state index contributed by atoms with van der Waals surface area (Å²) in [6, 6.07) is 14.4. The van der Waals surface area contributed by atoms with Crippen LogP contribution in [0.3, 0.4) is 0 Å². The number of benzene rings is 2. The van der Waals surface area contributed by atoms with Gasteiger partial charge in [-0.15, -0.1) is 0 Å². The summed E-state index contributed by atoms with van der Waals surface area (Å²) in [7, 11) is 3.28. The summed E-state index contributed by atoms with van der Waals surface area (Å²) in [6.07, 6.45) is 0.589. The Morgan fingerprint density at radius 1 is 1.11 bits per heavy atom. The van der Waals surface area contributed by atoms with Crippen LogP contribution in [0.4, 0.5) is 0 Å². The normalized spacial score (nSPS) is 17.2. The number of ether oxygens (including phenoxy) is 2. The standard InChI is InChI=1S/C23H26N2O3/c1-15-5-4-6-16-11-18(13-25-10-9-19(26)14-25)23(24-22(15)16)17-7-8-20(27-2)21(12-17)28-3/h4-8,11-12,19,26H,9-10,13-14H2,1-3H3/t19-/m1/s1. The molecule has 2 heterocycles. The van der Waals surface area contributed by atoms with Crippen molar-refractivity contribution in [1.82, 2.24) is 9.88 Å². The van der Waals surface area contributed by atoms with Crippen LogP contribution in [0.2, 0.25) is 0 Å². The van der Waals surface area contributed by atoms with Gasteiger partial charge in [0.25, 0.3) is 0 Å². The maximum atomic E-state index is 9.91. The zero-order valence-electron chi connectivity index (χ0n) is 16.6. The smallest absolute Gasteiger partial charge is 0.161 e. The van der Waals surface area contributed by atoms with Crippen molar-refractivity contribution < 1.29 is 14.6 Å². The number of hydrogen-bond donors (Lipinski definition) is 1. The molecule has 0 bridgehead atoms. The van der Waals surface area contributed by atoms with Crippen LogP contribution in [-0.4, -0.2) is 48.4 Å². The van der Waals surface area contributed by atoms with E-state index in [4.69, 9.17) is 14.5 Å². The van der Waals surface area contributed by atoms with E-state index in [9.17, 15) is 5.11 Å². The van der Waals surface area contributed by atoms with E-state index in [1.165, 1.54) is 0 Å². The molecule has 4 rings (SSSR count). The van der Waals surface area contributed by atoms with Crippen LogP contribution < -0.4 is 9.47 Å². The molecule has 28 heavy (non-hydrogen) atoms. The molecule has 5 nitrogen and oxygen atoms in total. The Hall–Kier alpha value is -2.63. The van der Waals surface area contributed by atoms with Crippen LogP contribution in [0, 0.1) is 6.92 Å². The van der Waals surface area contributed by atoms with E-state index in [-0.39, 0.29) is 6.10 Å². The zero-order valence-corrected chi connectivity index (χ0v) is 16.6. The first kappa shape index (κ1) is 18.7. The average molecular weight is 378 g/mol. The topological polar surface area (TPSA) is 54.8 Å². The Kier molecular flexibility index (Phi) is 5.20. The maximum absolute atomic E-state index is 9.91. The minimum atomic E-state index is -0.236. The van der Waals surface area contributed by atoms with Crippen LogP contribution in [0.15, 0.2) is 42.5 Å². The Bertz CT molecular complexity index is 1000. The number of hydrogen-bond acceptors (Lipinski definition) is 5. The van der Waals surface area contributed by atoms with Crippen LogP contribution in [-0.2, 0) is 6.54 Å². The molecule has 2 aromatic carbocycles. The molecule has 0 radical (unpaired) electrons. The lowest BCUT2D eigenvalue weighted by molar-refractivity contribution is 0.175. The SMILES string of the molecule is COc1ccc(-c2nc3c(C)cccc3cc2CN2CC[C@@H](O)C2)cc1OC. The van der Waals surface area contributed by atoms with E-state index in [0.717, 1.165) is 52.8 Å². The van der Waals surface area contributed by atoms with Gasteiger partial charge >= 0.3 is 0 Å². The largest absolute Gasteiger partial charge is 0.493 e. The Labute approximate surface area is 165 Å². The van der Waals surface area contributed by atoms with Crippen LogP contribution in [0.25, 0.3) is 22.2 Å². The molecule has 1 aliphatic heterocycles. The molecule has 0 unspecified atom stereocenters. The molecule has 1 saturated heterocycles. The molecule has 0 aliphatic carbocycles. The lowest BCUT2D eigenvalue weighted by Gasteiger charge is -2.19. The highest BCUT2D eigenvalue weighted by Gasteiger charge is 2.22. The van der Waals surface area contributed by atoms with Gasteiger partial charge < -0.3 is 14.6 Å². The van der Waals surface area contributed by atoms with Gasteiger partial charge in [-0.1, -0.05) is 18.2 Å². The number of fused-ring (bicyclic) bond motifs is 1. The Balaban J connectivity index is 1.84. The third-order valence-corrected chi connectivity index (χ3v) is 5.42. The van der Waals surface area contributed by atoms with Gasteiger partial charge in [-0.3, -0.25) is 4.90 Å². The minimum Gasteiger partial charge on any atom is -0.493 e. The van der Waals surface area contributed by atoms with Gasteiger partial charge in [-0.2, -0.15) is 0 Å². The fourth-order valence-electron chi connectivity index (χ4n) is 3.94. The first-order chi connectivity index (χ1) is 13.6. The number of pyridine rings is 1. The van der Waals surface area contributed by atoms with Gasteiger partial charge in [0.15, 0.2) is 11.5 Å². The highest BCUT2D eigenvalue weighted by atomic mass is 16.5. The molecule has 0 spiro atoms. The molecule has 5 heteroatoms. The van der Waals surface area contributed by atoms with Crippen molar-refractivity contribution in [2.45, 2.75) is 26.0 Å². The van der Waals surface area contributed by atoms with Gasteiger partial charge in [0.05, 0.1) is 31.5 Å². The minimum absolute atomic E-state index is 0.236. The number of methoxy groups -OCH3 is 2. The van der Waals surface area contributed by atoms with Crippen molar-refractivity contribution in [2.24, 2.45) is 0 Å². The van der Waals surface area contributed by atoms with E-state index in [1.54, 1.807) is 14.2 Å². The van der Waals surface area contributed by atoms with Gasteiger partial charge in [-0.25, -0.2) is 4.98 Å². The number of aromatic nitrogens is 1. The summed E-state index contributed by atoms with van der Waals surface area (Å²) < 4.78 is 10.9. The highest BCUT2D eigenvalue weighted by Crippen LogP contribution is 2.35. The van der Waals surface area contributed by atoms with Gasteiger partial charge in [-0.05, 0) is 48.7 Å². The molecule has 0 amide bonds. The van der Waals surface area contributed by atoms with Crippen LogP contribution >= 0.6 is 0 Å². The van der Waals surface area contributed by atoms with E-state index in [0.29, 0.717) is 18.0 Å². The molecule has 146 valence electrons. The quantitative estimate of drug-likeness (QED) is 0.732. The molecule has 0 saturated carbocycles. The second kappa shape index (κ2) is 7.78. The lowest BCUT2D eigenvalue weighted by atomic mass is 10.0. The summed E-state index contributed by atoms with van der Waals surface area (Å²) >= 11 is 0. The van der Waals surface area contributed by atoms with Crippen LogP contribution in [0.5, 0.6) is 11.5 Å². The van der Waals surface area contributed by atoms with Crippen molar-refractivity contribution in [2.75, 3.05) is 27.3 Å². The third kappa shape index (κ3) is 3.55. The van der Waals surface area contributed by atoms with E-state index < -0.39 is 0 Å². The number of aryl methyl sites for hydroxylation is 1. The van der Waals surface area contributed by atoms with Crippen molar-refractivity contribution >= 4 is 10.9 Å². The lowest BCUT2D eigenvalue weighted by Crippen LogP contribution is -2.22. The number of nitrogens with zero attached hydrogens (tertiary/aromatic N) is 2. The molecular formula is C23H26N2O3. The second-order valence-electron chi connectivity index (χ2n) is 7.39. The molecule has 1 N–H and O–H groups in total. The predicted molar refractivity (Wildman–Crippen MR) is 111 cm³/mol. The summed E-state index contributed by atoms with van der Waals surface area (Å²) in [5.74, 6) is 1.39. The number of rotatable bonds is 5. The van der Waals surface area contributed by atoms with Crippen molar-refractivity contribution in [3.05, 3.63) is 53.6 Å². The second-order valence-corrected chi connectivity index (χ2v) is 7.39. The van der Waals surface area contributed by atoms with Gasteiger partial charge in [0.1, 0.15) is 0 Å². The highest BCUT2D eigenvalue weighted by molar-refractivity contribution is 5.86. The summed E-state index contributed by atoms with van der Waals surface area (Å²) in [6.45, 7) is 4.46. The number of aliphatic hydroxyl groups excluding tert-OH is 1. The fourth-order valence-corrected chi connectivity index (χ4v) is 3.94. The fraction of sp³-hybridized carbons (Fsp3) is 0.348. The van der Waals surface area contributed by atoms with E-state index >= 15 is 0 Å². The molecular weight excluding hydrogens is 352 g/mol. The number of aliphatic hydroxyl groups is 1. The predicted octanol–water partition coefficient (Wildman–Crippen LogP) is 3.79. The summed E-state index contributed by atoms with van der Waals surface area (Å²) in [5.41, 5.74) is 5.26. The molecule has 3 aromatic rings. The summed E-state index contributed by atoms with van der Waals surface area (Å²) in [5, 5.41) is 11.0. The molecule has 1 atom stereocenters. The number of β-amino-alcohol motifs (C(OH)–C–C–N with tert-alkyl or cyclic N) is 1. The van der Waals surface area contributed by atoms with E-state index in [1.807, 2.05) is 18.2 Å². The Morgan fingerprint density at radius 2 is 1.93 bits per heavy atom. The van der Waals surface area contributed by atoms with Crippen molar-refractivity contribution in [3.63, 3.8) is 0 Å². The van der Waals surface area contributed by atoms with Gasteiger partial charge in [0.2, 0.25) is 0 Å². The maximum Gasteiger partial charge on any atom is 0.161 e. The third-order valence-electron chi connectivity index (χ3n) is 5.42.